The van der Waals surface area contributed by atoms with E-state index < -0.39 is 11.8 Å². The highest BCUT2D eigenvalue weighted by molar-refractivity contribution is 6.39. The van der Waals surface area contributed by atoms with Gasteiger partial charge in [-0.05, 0) is 43.7 Å². The van der Waals surface area contributed by atoms with Crippen molar-refractivity contribution in [3.05, 3.63) is 36.9 Å². The molecule has 3 heterocycles. The minimum absolute atomic E-state index is 0.146. The third-order valence-electron chi connectivity index (χ3n) is 5.40. The Bertz CT molecular complexity index is 799. The zero-order valence-electron chi connectivity index (χ0n) is 15.1. The predicted molar refractivity (Wildman–Crippen MR) is 98.8 cm³/mol. The van der Waals surface area contributed by atoms with Crippen LogP contribution in [0, 0.1) is 5.92 Å². The lowest BCUT2D eigenvalue weighted by Crippen LogP contribution is -2.46. The van der Waals surface area contributed by atoms with Gasteiger partial charge in [-0.1, -0.05) is 12.1 Å². The van der Waals surface area contributed by atoms with E-state index in [0.29, 0.717) is 23.9 Å². The van der Waals surface area contributed by atoms with E-state index in [4.69, 9.17) is 9.15 Å². The Morgan fingerprint density at radius 1 is 1.19 bits per heavy atom. The van der Waals surface area contributed by atoms with Gasteiger partial charge < -0.3 is 19.4 Å². The molecule has 0 radical (unpaired) electrons. The normalized spacial score (nSPS) is 20.6. The summed E-state index contributed by atoms with van der Waals surface area (Å²) in [6, 6.07) is 7.34. The number of rotatable bonds is 3. The molecule has 1 N–H and O–H groups in total. The zero-order chi connectivity index (χ0) is 18.6. The molecule has 2 fully saturated rings. The van der Waals surface area contributed by atoms with Crippen LogP contribution >= 0.6 is 0 Å². The summed E-state index contributed by atoms with van der Waals surface area (Å²) in [7, 11) is 0. The monoisotopic (exact) mass is 369 g/mol. The summed E-state index contributed by atoms with van der Waals surface area (Å²) in [5.41, 5.74) is 1.35. The summed E-state index contributed by atoms with van der Waals surface area (Å²) in [5.74, 6) is -0.0120. The predicted octanol–water partition coefficient (Wildman–Crippen LogP) is 2.70. The van der Waals surface area contributed by atoms with E-state index in [1.807, 2.05) is 6.07 Å². The van der Waals surface area contributed by atoms with Crippen molar-refractivity contribution in [3.8, 4) is 11.3 Å². The molecule has 4 rings (SSSR count). The summed E-state index contributed by atoms with van der Waals surface area (Å²) < 4.78 is 10.7. The Morgan fingerprint density at radius 2 is 2.04 bits per heavy atom. The molecule has 1 atom stereocenters. The van der Waals surface area contributed by atoms with Gasteiger partial charge in [0.05, 0.1) is 6.20 Å². The molecule has 2 amide bonds. The fraction of sp³-hybridized carbons (Fsp3) is 0.450. The standard InChI is InChI=1S/C20H23N3O4/c24-19(22-16-4-1-3-15(11-16)18-12-21-13-27-18)20(25)23-8-2-5-17(23)14-6-9-26-10-7-14/h1,3-4,11-14,17H,2,5-10H2,(H,22,24). The zero-order valence-corrected chi connectivity index (χ0v) is 15.1. The van der Waals surface area contributed by atoms with Gasteiger partial charge in [0.2, 0.25) is 0 Å². The fourth-order valence-electron chi connectivity index (χ4n) is 4.06. The summed E-state index contributed by atoms with van der Waals surface area (Å²) in [6.45, 7) is 2.13. The number of carbonyl (C=O) groups excluding carboxylic acids is 2. The Hall–Kier alpha value is -2.67. The van der Waals surface area contributed by atoms with Crippen molar-refractivity contribution in [1.82, 2.24) is 9.88 Å². The smallest absolute Gasteiger partial charge is 0.313 e. The number of nitrogens with one attached hydrogen (secondary N) is 1. The Labute approximate surface area is 157 Å². The van der Waals surface area contributed by atoms with Gasteiger partial charge in [0.1, 0.15) is 0 Å². The molecule has 0 saturated carbocycles. The average molecular weight is 369 g/mol. The van der Waals surface area contributed by atoms with Crippen LogP contribution < -0.4 is 5.32 Å². The van der Waals surface area contributed by atoms with Gasteiger partial charge in [-0.3, -0.25) is 9.59 Å². The van der Waals surface area contributed by atoms with E-state index in [0.717, 1.165) is 44.5 Å². The summed E-state index contributed by atoms with van der Waals surface area (Å²) in [6.07, 6.45) is 6.78. The highest BCUT2D eigenvalue weighted by atomic mass is 16.5. The lowest BCUT2D eigenvalue weighted by Gasteiger charge is -2.33. The van der Waals surface area contributed by atoms with E-state index in [1.54, 1.807) is 29.3 Å². The number of aromatic nitrogens is 1. The van der Waals surface area contributed by atoms with Crippen molar-refractivity contribution >= 4 is 17.5 Å². The van der Waals surface area contributed by atoms with Crippen molar-refractivity contribution in [3.63, 3.8) is 0 Å². The second kappa shape index (κ2) is 7.92. The fourth-order valence-corrected chi connectivity index (χ4v) is 4.06. The van der Waals surface area contributed by atoms with Crippen molar-refractivity contribution in [2.75, 3.05) is 25.1 Å². The molecule has 142 valence electrons. The van der Waals surface area contributed by atoms with E-state index in [2.05, 4.69) is 10.3 Å². The van der Waals surface area contributed by atoms with Gasteiger partial charge in [-0.2, -0.15) is 0 Å². The van der Waals surface area contributed by atoms with Gasteiger partial charge in [-0.25, -0.2) is 4.98 Å². The number of anilines is 1. The summed E-state index contributed by atoms with van der Waals surface area (Å²) in [4.78, 5) is 31.0. The first-order chi connectivity index (χ1) is 13.2. The molecule has 2 aromatic rings. The largest absolute Gasteiger partial charge is 0.444 e. The lowest BCUT2D eigenvalue weighted by molar-refractivity contribution is -0.144. The third kappa shape index (κ3) is 3.88. The van der Waals surface area contributed by atoms with Crippen LogP contribution in [0.15, 0.2) is 41.3 Å². The van der Waals surface area contributed by atoms with Crippen LogP contribution in [0.2, 0.25) is 0 Å². The van der Waals surface area contributed by atoms with Crippen molar-refractivity contribution in [2.45, 2.75) is 31.7 Å². The lowest BCUT2D eigenvalue weighted by atomic mass is 9.90. The van der Waals surface area contributed by atoms with Gasteiger partial charge in [0, 0.05) is 37.1 Å². The molecule has 1 unspecified atom stereocenters. The maximum absolute atomic E-state index is 12.8. The average Bonchev–Trinajstić information content (AvgIpc) is 3.40. The topological polar surface area (TPSA) is 84.7 Å². The first kappa shape index (κ1) is 17.7. The number of carbonyl (C=O) groups is 2. The quantitative estimate of drug-likeness (QED) is 0.841. The molecule has 0 aliphatic carbocycles. The maximum Gasteiger partial charge on any atom is 0.313 e. The first-order valence-corrected chi connectivity index (χ1v) is 9.41. The third-order valence-corrected chi connectivity index (χ3v) is 5.40. The number of nitrogens with zero attached hydrogens (tertiary/aromatic N) is 2. The van der Waals surface area contributed by atoms with Crippen LogP contribution in [0.25, 0.3) is 11.3 Å². The van der Waals surface area contributed by atoms with E-state index >= 15 is 0 Å². The Balaban J connectivity index is 1.43. The molecule has 1 aromatic carbocycles. The number of ether oxygens (including phenoxy) is 1. The SMILES string of the molecule is O=C(Nc1cccc(-c2cnco2)c1)C(=O)N1CCCC1C1CCOCC1. The van der Waals surface area contributed by atoms with Crippen molar-refractivity contribution < 1.29 is 18.7 Å². The first-order valence-electron chi connectivity index (χ1n) is 9.41. The van der Waals surface area contributed by atoms with Crippen LogP contribution in [0.5, 0.6) is 0 Å². The summed E-state index contributed by atoms with van der Waals surface area (Å²) >= 11 is 0. The van der Waals surface area contributed by atoms with Crippen LogP contribution in [-0.4, -0.2) is 47.5 Å². The molecule has 0 bridgehead atoms. The molecule has 1 aromatic heterocycles. The molecule has 27 heavy (non-hydrogen) atoms. The van der Waals surface area contributed by atoms with Crippen LogP contribution in [-0.2, 0) is 14.3 Å². The number of likely N-dealkylation sites (tertiary alicyclic amines) is 1. The maximum atomic E-state index is 12.8. The number of hydrogen-bond donors (Lipinski definition) is 1. The van der Waals surface area contributed by atoms with Gasteiger partial charge in [-0.15, -0.1) is 0 Å². The van der Waals surface area contributed by atoms with Crippen molar-refractivity contribution in [2.24, 2.45) is 5.92 Å². The highest BCUT2D eigenvalue weighted by Gasteiger charge is 2.37. The number of amides is 2. The molecule has 7 nitrogen and oxygen atoms in total. The highest BCUT2D eigenvalue weighted by Crippen LogP contribution is 2.30. The molecule has 7 heteroatoms. The van der Waals surface area contributed by atoms with Crippen LogP contribution in [0.1, 0.15) is 25.7 Å². The van der Waals surface area contributed by atoms with Crippen LogP contribution in [0.3, 0.4) is 0 Å². The Kier molecular flexibility index (Phi) is 5.20. The Morgan fingerprint density at radius 3 is 2.81 bits per heavy atom. The number of oxazole rings is 1. The minimum atomic E-state index is -0.594. The molecular formula is C20H23N3O4. The van der Waals surface area contributed by atoms with E-state index in [-0.39, 0.29) is 6.04 Å². The van der Waals surface area contributed by atoms with Crippen LogP contribution in [0.4, 0.5) is 5.69 Å². The summed E-state index contributed by atoms with van der Waals surface area (Å²) in [5, 5.41) is 2.73. The molecule has 2 saturated heterocycles. The second-order valence-corrected chi connectivity index (χ2v) is 7.06. The number of benzene rings is 1. The van der Waals surface area contributed by atoms with E-state index in [1.165, 1.54) is 6.39 Å². The number of hydrogen-bond acceptors (Lipinski definition) is 5. The minimum Gasteiger partial charge on any atom is -0.444 e. The molecular weight excluding hydrogens is 346 g/mol. The molecule has 2 aliphatic heterocycles. The van der Waals surface area contributed by atoms with E-state index in [9.17, 15) is 9.59 Å². The molecule has 0 spiro atoms. The van der Waals surface area contributed by atoms with Crippen molar-refractivity contribution in [1.29, 1.82) is 0 Å². The molecule has 2 aliphatic rings. The second-order valence-electron chi connectivity index (χ2n) is 7.06. The van der Waals surface area contributed by atoms with Gasteiger partial charge >= 0.3 is 11.8 Å². The van der Waals surface area contributed by atoms with Gasteiger partial charge in [0.25, 0.3) is 0 Å². The van der Waals surface area contributed by atoms with Gasteiger partial charge in [0.15, 0.2) is 12.2 Å².